The van der Waals surface area contributed by atoms with E-state index in [2.05, 4.69) is 0 Å². The molecule has 7 heteroatoms. The van der Waals surface area contributed by atoms with Crippen LogP contribution in [0.15, 0.2) is 24.3 Å². The molecule has 1 aromatic carbocycles. The summed E-state index contributed by atoms with van der Waals surface area (Å²) in [5, 5.41) is 17.3. The summed E-state index contributed by atoms with van der Waals surface area (Å²) < 4.78 is 0. The van der Waals surface area contributed by atoms with Crippen LogP contribution in [0.4, 0.5) is 10.5 Å². The number of carboxylic acid groups (broad SMARTS) is 1. The van der Waals surface area contributed by atoms with Crippen molar-refractivity contribution < 1.29 is 19.5 Å². The van der Waals surface area contributed by atoms with Gasteiger partial charge in [0.25, 0.3) is 5.91 Å². The largest absolute Gasteiger partial charge is 0.480 e. The van der Waals surface area contributed by atoms with E-state index in [0.717, 1.165) is 9.80 Å². The highest BCUT2D eigenvalue weighted by molar-refractivity contribution is 6.20. The maximum atomic E-state index is 11.9. The number of nitrogens with zero attached hydrogens (tertiary/aromatic N) is 3. The Kier molecular flexibility index (Phi) is 3.16. The summed E-state index contributed by atoms with van der Waals surface area (Å²) in [6, 6.07) is 7.16. The number of amides is 3. The van der Waals surface area contributed by atoms with Gasteiger partial charge in [-0.25, -0.2) is 9.69 Å². The molecule has 0 bridgehead atoms. The van der Waals surface area contributed by atoms with Crippen molar-refractivity contribution in [2.24, 2.45) is 0 Å². The van der Waals surface area contributed by atoms with E-state index in [0.29, 0.717) is 11.3 Å². The fraction of sp³-hybridized carbons (Fsp3) is 0.167. The van der Waals surface area contributed by atoms with Gasteiger partial charge >= 0.3 is 12.0 Å². The first-order valence-electron chi connectivity index (χ1n) is 5.36. The lowest BCUT2D eigenvalue weighted by atomic mass is 10.2. The molecule has 0 spiro atoms. The van der Waals surface area contributed by atoms with Crippen molar-refractivity contribution in [3.63, 3.8) is 0 Å². The van der Waals surface area contributed by atoms with Crippen LogP contribution in [0.2, 0.25) is 0 Å². The molecule has 1 aromatic rings. The fourth-order valence-corrected chi connectivity index (χ4v) is 1.78. The number of imide groups is 1. The zero-order valence-electron chi connectivity index (χ0n) is 9.74. The van der Waals surface area contributed by atoms with Gasteiger partial charge in [0.15, 0.2) is 0 Å². The Morgan fingerprint density at radius 3 is 2.47 bits per heavy atom. The van der Waals surface area contributed by atoms with Gasteiger partial charge in [0.05, 0.1) is 17.3 Å². The monoisotopic (exact) mass is 259 g/mol. The molecule has 0 saturated carbocycles. The molecule has 0 radical (unpaired) electrons. The van der Waals surface area contributed by atoms with Crippen molar-refractivity contribution in [1.82, 2.24) is 4.90 Å². The molecule has 19 heavy (non-hydrogen) atoms. The zero-order chi connectivity index (χ0) is 14.0. The predicted octanol–water partition coefficient (Wildman–Crippen LogP) is 0.411. The molecule has 1 heterocycles. The lowest BCUT2D eigenvalue weighted by molar-refractivity contribution is -0.137. The summed E-state index contributed by atoms with van der Waals surface area (Å²) in [6.45, 7) is -0.775. The molecule has 0 aliphatic carbocycles. The third kappa shape index (κ3) is 2.37. The fourth-order valence-electron chi connectivity index (χ4n) is 1.78. The van der Waals surface area contributed by atoms with Crippen LogP contribution in [0.5, 0.6) is 0 Å². The van der Waals surface area contributed by atoms with E-state index in [1.165, 1.54) is 24.3 Å². The van der Waals surface area contributed by atoms with Crippen LogP contribution in [0, 0.1) is 11.3 Å². The SMILES string of the molecule is N#Cc1ccc(N2C(=O)CN(CC(=O)O)C2=O)cc1. The number of carbonyl (C=O) groups excluding carboxylic acids is 2. The number of carboxylic acids is 1. The number of aliphatic carboxylic acids is 1. The maximum Gasteiger partial charge on any atom is 0.332 e. The number of hydrogen-bond donors (Lipinski definition) is 1. The molecule has 1 N–H and O–H groups in total. The average Bonchev–Trinajstić information content (AvgIpc) is 2.64. The number of anilines is 1. The van der Waals surface area contributed by atoms with E-state index >= 15 is 0 Å². The van der Waals surface area contributed by atoms with Crippen molar-refractivity contribution in [3.05, 3.63) is 29.8 Å². The van der Waals surface area contributed by atoms with E-state index in [-0.39, 0.29) is 6.54 Å². The number of rotatable bonds is 3. The van der Waals surface area contributed by atoms with Gasteiger partial charge in [-0.15, -0.1) is 0 Å². The minimum absolute atomic E-state index is 0.259. The van der Waals surface area contributed by atoms with Gasteiger partial charge in [-0.3, -0.25) is 9.59 Å². The van der Waals surface area contributed by atoms with Crippen LogP contribution in [-0.4, -0.2) is 41.0 Å². The summed E-state index contributed by atoms with van der Waals surface area (Å²) in [7, 11) is 0. The Bertz CT molecular complexity index is 588. The van der Waals surface area contributed by atoms with Crippen molar-refractivity contribution in [3.8, 4) is 6.07 Å². The summed E-state index contributed by atoms with van der Waals surface area (Å²) in [5.74, 6) is -1.67. The van der Waals surface area contributed by atoms with E-state index in [9.17, 15) is 14.4 Å². The lowest BCUT2D eigenvalue weighted by Gasteiger charge is -2.15. The molecule has 2 rings (SSSR count). The highest BCUT2D eigenvalue weighted by atomic mass is 16.4. The molecule has 7 nitrogen and oxygen atoms in total. The Labute approximate surface area is 108 Å². The van der Waals surface area contributed by atoms with Gasteiger partial charge in [0.1, 0.15) is 13.1 Å². The molecular weight excluding hydrogens is 250 g/mol. The molecule has 96 valence electrons. The number of urea groups is 1. The zero-order valence-corrected chi connectivity index (χ0v) is 9.74. The molecule has 1 saturated heterocycles. The first-order chi connectivity index (χ1) is 9.02. The summed E-state index contributed by atoms with van der Waals surface area (Å²) >= 11 is 0. The molecule has 0 atom stereocenters. The second-order valence-corrected chi connectivity index (χ2v) is 3.92. The van der Waals surface area contributed by atoms with Crippen LogP contribution in [0.3, 0.4) is 0 Å². The number of hydrogen-bond acceptors (Lipinski definition) is 4. The van der Waals surface area contributed by atoms with E-state index in [1.54, 1.807) is 0 Å². The second-order valence-electron chi connectivity index (χ2n) is 3.92. The van der Waals surface area contributed by atoms with Gasteiger partial charge in [0.2, 0.25) is 0 Å². The third-order valence-corrected chi connectivity index (χ3v) is 2.62. The third-order valence-electron chi connectivity index (χ3n) is 2.62. The molecule has 3 amide bonds. The molecule has 1 fully saturated rings. The number of carbonyl (C=O) groups is 3. The topological polar surface area (TPSA) is 102 Å². The van der Waals surface area contributed by atoms with Gasteiger partial charge in [-0.05, 0) is 24.3 Å². The Balaban J connectivity index is 2.24. The van der Waals surface area contributed by atoms with Crippen molar-refractivity contribution >= 4 is 23.6 Å². The van der Waals surface area contributed by atoms with Crippen LogP contribution in [0.25, 0.3) is 0 Å². The standard InChI is InChI=1S/C12H9N3O4/c13-5-8-1-3-9(4-2-8)15-10(16)6-14(12(15)19)7-11(17)18/h1-4H,6-7H2,(H,17,18). The number of benzene rings is 1. The van der Waals surface area contributed by atoms with E-state index in [1.807, 2.05) is 6.07 Å². The molecule has 1 aliphatic rings. The van der Waals surface area contributed by atoms with Crippen molar-refractivity contribution in [2.75, 3.05) is 18.0 Å². The smallest absolute Gasteiger partial charge is 0.332 e. The Morgan fingerprint density at radius 2 is 1.95 bits per heavy atom. The normalized spacial score (nSPS) is 14.7. The Hall–Kier alpha value is -2.88. The molecule has 0 aromatic heterocycles. The average molecular weight is 259 g/mol. The summed E-state index contributed by atoms with van der Waals surface area (Å²) in [4.78, 5) is 36.1. The quantitative estimate of drug-likeness (QED) is 0.792. The van der Waals surface area contributed by atoms with Gasteiger partial charge in [-0.1, -0.05) is 0 Å². The van der Waals surface area contributed by atoms with Crippen LogP contribution in [0.1, 0.15) is 5.56 Å². The van der Waals surface area contributed by atoms with Gasteiger partial charge in [-0.2, -0.15) is 5.26 Å². The predicted molar refractivity (Wildman–Crippen MR) is 63.2 cm³/mol. The van der Waals surface area contributed by atoms with Crippen LogP contribution in [-0.2, 0) is 9.59 Å². The summed E-state index contributed by atoms with van der Waals surface area (Å²) in [6.07, 6.45) is 0. The van der Waals surface area contributed by atoms with E-state index < -0.39 is 24.5 Å². The minimum Gasteiger partial charge on any atom is -0.480 e. The first-order valence-corrected chi connectivity index (χ1v) is 5.36. The second kappa shape index (κ2) is 4.78. The lowest BCUT2D eigenvalue weighted by Crippen LogP contribution is -2.35. The summed E-state index contributed by atoms with van der Waals surface area (Å²) in [5.41, 5.74) is 0.729. The number of nitriles is 1. The van der Waals surface area contributed by atoms with E-state index in [4.69, 9.17) is 10.4 Å². The molecule has 0 unspecified atom stereocenters. The van der Waals surface area contributed by atoms with Crippen molar-refractivity contribution in [1.29, 1.82) is 5.26 Å². The van der Waals surface area contributed by atoms with Crippen LogP contribution >= 0.6 is 0 Å². The van der Waals surface area contributed by atoms with Crippen LogP contribution < -0.4 is 4.90 Å². The maximum absolute atomic E-state index is 11.9. The highest BCUT2D eigenvalue weighted by Crippen LogP contribution is 2.21. The highest BCUT2D eigenvalue weighted by Gasteiger charge is 2.37. The molecular formula is C12H9N3O4. The van der Waals surface area contributed by atoms with Crippen molar-refractivity contribution in [2.45, 2.75) is 0 Å². The van der Waals surface area contributed by atoms with Gasteiger partial charge < -0.3 is 10.0 Å². The Morgan fingerprint density at radius 1 is 1.32 bits per heavy atom. The first kappa shape index (κ1) is 12.6. The molecule has 1 aliphatic heterocycles. The minimum atomic E-state index is -1.18. The van der Waals surface area contributed by atoms with Gasteiger partial charge in [0, 0.05) is 0 Å².